The predicted octanol–water partition coefficient (Wildman–Crippen LogP) is 3.01. The third-order valence-electron chi connectivity index (χ3n) is 4.45. The zero-order valence-corrected chi connectivity index (χ0v) is 16.3. The fourth-order valence-corrected chi connectivity index (χ4v) is 4.04. The number of rotatable bonds is 4. The van der Waals surface area contributed by atoms with Crippen molar-refractivity contribution in [3.63, 3.8) is 0 Å². The molecule has 0 unspecified atom stereocenters. The molecule has 0 bridgehead atoms. The molecule has 1 amide bonds. The number of hydrogen-bond donors (Lipinski definition) is 1. The third kappa shape index (κ3) is 3.36. The minimum absolute atomic E-state index is 0.115. The van der Waals surface area contributed by atoms with Gasteiger partial charge in [-0.25, -0.2) is 4.79 Å². The quantitative estimate of drug-likeness (QED) is 0.516. The molecule has 1 N–H and O–H groups in total. The molecule has 3 aromatic carbocycles. The van der Waals surface area contributed by atoms with Gasteiger partial charge < -0.3 is 13.9 Å². The van der Waals surface area contributed by atoms with E-state index in [1.165, 1.54) is 42.8 Å². The molecule has 1 aromatic heterocycles. The second-order valence-electron chi connectivity index (χ2n) is 6.43. The monoisotopic (exact) mass is 412 g/mol. The van der Waals surface area contributed by atoms with Gasteiger partial charge in [-0.05, 0) is 24.3 Å². The Kier molecular flexibility index (Phi) is 4.39. The highest BCUT2D eigenvalue weighted by Crippen LogP contribution is 2.33. The number of nitrogens with zero attached hydrogens (tertiary/aromatic N) is 1. The number of nitrogens with one attached hydrogen (secondary N) is 1. The standard InChI is InChI=1S/C20H16N2O6S/c1-12(23)21-16-8-10-18(15-6-4-3-5-14(15)16)28-29(25,26)13-7-9-17-19(11-13)27-20(24)22(17)2/h3-11H,1-2H3,(H,21,23). The molecule has 0 saturated carbocycles. The fraction of sp³-hybridized carbons (Fsp3) is 0.100. The van der Waals surface area contributed by atoms with Gasteiger partial charge in [-0.15, -0.1) is 0 Å². The van der Waals surface area contributed by atoms with Crippen LogP contribution in [0.1, 0.15) is 6.92 Å². The van der Waals surface area contributed by atoms with E-state index in [2.05, 4.69) is 5.32 Å². The summed E-state index contributed by atoms with van der Waals surface area (Å²) in [5.74, 6) is -0.714. The van der Waals surface area contributed by atoms with Crippen LogP contribution >= 0.6 is 0 Å². The first-order chi connectivity index (χ1) is 13.8. The molecular formula is C20H16N2O6S. The first-order valence-electron chi connectivity index (χ1n) is 8.60. The van der Waals surface area contributed by atoms with Crippen LogP contribution in [-0.2, 0) is 22.0 Å². The normalized spacial score (nSPS) is 11.7. The van der Waals surface area contributed by atoms with Gasteiger partial charge in [-0.2, -0.15) is 8.42 Å². The van der Waals surface area contributed by atoms with Crippen molar-refractivity contribution in [2.24, 2.45) is 7.05 Å². The van der Waals surface area contributed by atoms with Crippen LogP contribution < -0.4 is 15.3 Å². The Morgan fingerprint density at radius 3 is 2.52 bits per heavy atom. The molecule has 0 saturated heterocycles. The maximum atomic E-state index is 12.8. The van der Waals surface area contributed by atoms with Crippen LogP contribution in [-0.4, -0.2) is 18.9 Å². The lowest BCUT2D eigenvalue weighted by Gasteiger charge is -2.13. The molecule has 8 nitrogen and oxygen atoms in total. The van der Waals surface area contributed by atoms with Gasteiger partial charge >= 0.3 is 15.9 Å². The van der Waals surface area contributed by atoms with Crippen LogP contribution in [0.25, 0.3) is 21.9 Å². The second kappa shape index (κ2) is 6.78. The summed E-state index contributed by atoms with van der Waals surface area (Å²) in [6, 6.07) is 14.1. The summed E-state index contributed by atoms with van der Waals surface area (Å²) in [6.45, 7) is 1.39. The smallest absolute Gasteiger partial charge is 0.408 e. The Morgan fingerprint density at radius 1 is 1.07 bits per heavy atom. The van der Waals surface area contributed by atoms with E-state index in [1.807, 2.05) is 0 Å². The van der Waals surface area contributed by atoms with E-state index >= 15 is 0 Å². The van der Waals surface area contributed by atoms with Gasteiger partial charge in [0.25, 0.3) is 0 Å². The van der Waals surface area contributed by atoms with E-state index in [9.17, 15) is 18.0 Å². The van der Waals surface area contributed by atoms with Crippen LogP contribution in [0, 0.1) is 0 Å². The number of aromatic nitrogens is 1. The maximum Gasteiger partial charge on any atom is 0.419 e. The Bertz CT molecular complexity index is 1430. The summed E-state index contributed by atoms with van der Waals surface area (Å²) < 4.78 is 37.4. The van der Waals surface area contributed by atoms with Gasteiger partial charge in [0.2, 0.25) is 5.91 Å². The zero-order chi connectivity index (χ0) is 20.8. The largest absolute Gasteiger partial charge is 0.419 e. The Labute approximate surface area is 165 Å². The molecule has 0 fully saturated rings. The molecule has 0 spiro atoms. The summed E-state index contributed by atoms with van der Waals surface area (Å²) >= 11 is 0. The summed E-state index contributed by atoms with van der Waals surface area (Å²) in [4.78, 5) is 22.9. The number of hydrogen-bond acceptors (Lipinski definition) is 6. The van der Waals surface area contributed by atoms with Crippen molar-refractivity contribution in [2.75, 3.05) is 5.32 Å². The van der Waals surface area contributed by atoms with Crippen molar-refractivity contribution >= 4 is 43.6 Å². The van der Waals surface area contributed by atoms with E-state index in [0.29, 0.717) is 22.0 Å². The minimum atomic E-state index is -4.19. The fourth-order valence-electron chi connectivity index (χ4n) is 3.08. The number of carbonyl (C=O) groups is 1. The van der Waals surface area contributed by atoms with E-state index in [4.69, 9.17) is 8.60 Å². The average Bonchev–Trinajstić information content (AvgIpc) is 2.97. The molecule has 0 aliphatic carbocycles. The highest BCUT2D eigenvalue weighted by atomic mass is 32.2. The van der Waals surface area contributed by atoms with Crippen molar-refractivity contribution in [2.45, 2.75) is 11.8 Å². The number of anilines is 1. The molecule has 148 valence electrons. The van der Waals surface area contributed by atoms with E-state index in [1.54, 1.807) is 30.3 Å². The number of fused-ring (bicyclic) bond motifs is 2. The van der Waals surface area contributed by atoms with Gasteiger partial charge in [0.05, 0.1) is 5.52 Å². The molecular weight excluding hydrogens is 396 g/mol. The molecule has 29 heavy (non-hydrogen) atoms. The van der Waals surface area contributed by atoms with Crippen LogP contribution in [0.5, 0.6) is 5.75 Å². The number of aryl methyl sites for hydroxylation is 1. The molecule has 4 aromatic rings. The Hall–Kier alpha value is -3.59. The number of amides is 1. The predicted molar refractivity (Wildman–Crippen MR) is 108 cm³/mol. The van der Waals surface area contributed by atoms with Gasteiger partial charge in [0.15, 0.2) is 11.3 Å². The average molecular weight is 412 g/mol. The lowest BCUT2D eigenvalue weighted by Crippen LogP contribution is -2.11. The number of oxazole rings is 1. The van der Waals surface area contributed by atoms with Gasteiger partial charge in [-0.3, -0.25) is 9.36 Å². The lowest BCUT2D eigenvalue weighted by molar-refractivity contribution is -0.114. The van der Waals surface area contributed by atoms with Gasteiger partial charge in [0.1, 0.15) is 4.90 Å². The number of carbonyl (C=O) groups excluding carboxylic acids is 1. The first kappa shape index (κ1) is 18.8. The summed E-state index contributed by atoms with van der Waals surface area (Å²) in [6.07, 6.45) is 0. The van der Waals surface area contributed by atoms with Crippen LogP contribution in [0.4, 0.5) is 5.69 Å². The van der Waals surface area contributed by atoms with Gasteiger partial charge in [-0.1, -0.05) is 24.3 Å². The van der Waals surface area contributed by atoms with Crippen LogP contribution in [0.3, 0.4) is 0 Å². The highest BCUT2D eigenvalue weighted by Gasteiger charge is 2.21. The summed E-state index contributed by atoms with van der Waals surface area (Å²) in [7, 11) is -2.67. The maximum absolute atomic E-state index is 12.8. The summed E-state index contributed by atoms with van der Waals surface area (Å²) in [5.41, 5.74) is 1.16. The van der Waals surface area contributed by atoms with Crippen molar-refractivity contribution in [3.05, 3.63) is 65.1 Å². The lowest BCUT2D eigenvalue weighted by atomic mass is 10.1. The van der Waals surface area contributed by atoms with Crippen LogP contribution in [0.2, 0.25) is 0 Å². The number of benzene rings is 3. The third-order valence-corrected chi connectivity index (χ3v) is 5.68. The molecule has 1 heterocycles. The van der Waals surface area contributed by atoms with Crippen molar-refractivity contribution in [1.82, 2.24) is 4.57 Å². The van der Waals surface area contributed by atoms with Gasteiger partial charge in [0, 0.05) is 36.5 Å². The molecule has 9 heteroatoms. The van der Waals surface area contributed by atoms with Crippen molar-refractivity contribution in [1.29, 1.82) is 0 Å². The van der Waals surface area contributed by atoms with Crippen molar-refractivity contribution < 1.29 is 21.8 Å². The minimum Gasteiger partial charge on any atom is -0.408 e. The molecule has 0 aliphatic heterocycles. The van der Waals surface area contributed by atoms with Crippen LogP contribution in [0.15, 0.2) is 68.7 Å². The Balaban J connectivity index is 1.78. The molecule has 4 rings (SSSR count). The van der Waals surface area contributed by atoms with E-state index in [0.717, 1.165) is 0 Å². The molecule has 0 radical (unpaired) electrons. The second-order valence-corrected chi connectivity index (χ2v) is 7.98. The summed E-state index contributed by atoms with van der Waals surface area (Å²) in [5, 5.41) is 3.87. The molecule has 0 aliphatic rings. The topological polar surface area (TPSA) is 108 Å². The van der Waals surface area contributed by atoms with E-state index < -0.39 is 15.9 Å². The Morgan fingerprint density at radius 2 is 1.79 bits per heavy atom. The SMILES string of the molecule is CC(=O)Nc1ccc(OS(=O)(=O)c2ccc3c(c2)oc(=O)n3C)c2ccccc12. The van der Waals surface area contributed by atoms with E-state index in [-0.39, 0.29) is 22.1 Å². The highest BCUT2D eigenvalue weighted by molar-refractivity contribution is 7.87. The molecule has 0 atom stereocenters. The van der Waals surface area contributed by atoms with Crippen molar-refractivity contribution in [3.8, 4) is 5.75 Å². The zero-order valence-electron chi connectivity index (χ0n) is 15.5. The first-order valence-corrected chi connectivity index (χ1v) is 10.0.